The lowest BCUT2D eigenvalue weighted by atomic mass is 10.1. The standard InChI is InChI=1S/C10H19N2/c1-4-10-11-5-2-8-12(10,7-1)9-3-6-11/h10H,1-9H2/q+1. The zero-order valence-electron chi connectivity index (χ0n) is 7.84. The van der Waals surface area contributed by atoms with Crippen LogP contribution in [-0.2, 0) is 0 Å². The number of hydrogen-bond donors (Lipinski definition) is 0. The van der Waals surface area contributed by atoms with Gasteiger partial charge in [0, 0.05) is 38.8 Å². The van der Waals surface area contributed by atoms with Crippen LogP contribution in [0.1, 0.15) is 25.7 Å². The summed E-state index contributed by atoms with van der Waals surface area (Å²) >= 11 is 0. The van der Waals surface area contributed by atoms with Crippen LogP contribution in [0.15, 0.2) is 0 Å². The van der Waals surface area contributed by atoms with Gasteiger partial charge in [0.1, 0.15) is 6.17 Å². The van der Waals surface area contributed by atoms with Gasteiger partial charge in [-0.2, -0.15) is 0 Å². The Morgan fingerprint density at radius 2 is 1.58 bits per heavy atom. The summed E-state index contributed by atoms with van der Waals surface area (Å²) in [5.41, 5.74) is 0. The Hall–Kier alpha value is -0.0800. The average molecular weight is 167 g/mol. The quantitative estimate of drug-likeness (QED) is 0.487. The van der Waals surface area contributed by atoms with Crippen molar-refractivity contribution in [3.05, 3.63) is 0 Å². The molecular weight excluding hydrogens is 148 g/mol. The van der Waals surface area contributed by atoms with Gasteiger partial charge in [0.05, 0.1) is 19.6 Å². The third-order valence-electron chi connectivity index (χ3n) is 4.22. The fourth-order valence-electron chi connectivity index (χ4n) is 3.76. The molecule has 1 atom stereocenters. The van der Waals surface area contributed by atoms with Gasteiger partial charge in [-0.05, 0) is 0 Å². The molecular formula is C10H19N2+. The van der Waals surface area contributed by atoms with Gasteiger partial charge in [-0.15, -0.1) is 0 Å². The second-order valence-corrected chi connectivity index (χ2v) is 4.76. The normalized spacial score (nSPS) is 52.0. The Morgan fingerprint density at radius 1 is 0.917 bits per heavy atom. The highest BCUT2D eigenvalue weighted by Gasteiger charge is 2.49. The summed E-state index contributed by atoms with van der Waals surface area (Å²) in [6.45, 7) is 7.25. The van der Waals surface area contributed by atoms with Crippen LogP contribution in [0.3, 0.4) is 0 Å². The van der Waals surface area contributed by atoms with Gasteiger partial charge in [0.15, 0.2) is 0 Å². The third kappa shape index (κ3) is 0.826. The zero-order valence-corrected chi connectivity index (χ0v) is 7.84. The number of hydrogen-bond acceptors (Lipinski definition) is 1. The molecule has 3 aliphatic heterocycles. The molecule has 0 N–H and O–H groups in total. The molecule has 0 aliphatic carbocycles. The van der Waals surface area contributed by atoms with E-state index in [1.807, 2.05) is 0 Å². The monoisotopic (exact) mass is 167 g/mol. The maximum Gasteiger partial charge on any atom is 0.145 e. The molecule has 3 saturated heterocycles. The molecule has 3 rings (SSSR count). The fraction of sp³-hybridized carbons (Fsp3) is 1.00. The summed E-state index contributed by atoms with van der Waals surface area (Å²) in [6, 6.07) is 0. The first kappa shape index (κ1) is 7.34. The molecule has 2 nitrogen and oxygen atoms in total. The molecule has 68 valence electrons. The van der Waals surface area contributed by atoms with Crippen LogP contribution in [0.2, 0.25) is 0 Å². The van der Waals surface area contributed by atoms with E-state index in [1.54, 1.807) is 0 Å². The first-order valence-electron chi connectivity index (χ1n) is 5.51. The molecule has 2 bridgehead atoms. The van der Waals surface area contributed by atoms with Gasteiger partial charge in [-0.3, -0.25) is 4.90 Å². The molecule has 0 aromatic carbocycles. The Labute approximate surface area is 74.7 Å². The average Bonchev–Trinajstić information content (AvgIpc) is 2.47. The molecule has 0 aromatic heterocycles. The summed E-state index contributed by atoms with van der Waals surface area (Å²) in [4.78, 5) is 2.76. The van der Waals surface area contributed by atoms with Crippen molar-refractivity contribution >= 4 is 0 Å². The van der Waals surface area contributed by atoms with Crippen molar-refractivity contribution in [1.82, 2.24) is 4.90 Å². The van der Waals surface area contributed by atoms with Gasteiger partial charge in [0.25, 0.3) is 0 Å². The lowest BCUT2D eigenvalue weighted by Crippen LogP contribution is -2.66. The molecule has 0 radical (unpaired) electrons. The number of quaternary nitrogens is 1. The minimum absolute atomic E-state index is 0.951. The zero-order chi connectivity index (χ0) is 8.02. The second-order valence-electron chi connectivity index (χ2n) is 4.76. The first-order chi connectivity index (χ1) is 5.91. The van der Waals surface area contributed by atoms with Crippen LogP contribution >= 0.6 is 0 Å². The van der Waals surface area contributed by atoms with Crippen molar-refractivity contribution < 1.29 is 4.48 Å². The third-order valence-corrected chi connectivity index (χ3v) is 4.22. The molecule has 12 heavy (non-hydrogen) atoms. The van der Waals surface area contributed by atoms with Gasteiger partial charge < -0.3 is 4.48 Å². The molecule has 0 spiro atoms. The minimum Gasteiger partial charge on any atom is -0.309 e. The summed E-state index contributed by atoms with van der Waals surface area (Å²) in [5.74, 6) is 0. The smallest absolute Gasteiger partial charge is 0.145 e. The minimum atomic E-state index is 0.951. The van der Waals surface area contributed by atoms with Crippen molar-refractivity contribution in [2.45, 2.75) is 31.8 Å². The van der Waals surface area contributed by atoms with Crippen LogP contribution in [0.4, 0.5) is 0 Å². The highest BCUT2D eigenvalue weighted by molar-refractivity contribution is 4.79. The molecule has 0 aromatic rings. The van der Waals surface area contributed by atoms with Gasteiger partial charge in [-0.25, -0.2) is 0 Å². The molecule has 3 aliphatic rings. The Kier molecular flexibility index (Phi) is 1.50. The maximum absolute atomic E-state index is 2.76. The predicted octanol–water partition coefficient (Wildman–Crippen LogP) is 1.03. The summed E-state index contributed by atoms with van der Waals surface area (Å²) < 4.78 is 1.49. The maximum atomic E-state index is 2.76. The molecule has 0 saturated carbocycles. The van der Waals surface area contributed by atoms with Crippen molar-refractivity contribution in [2.75, 3.05) is 32.7 Å². The van der Waals surface area contributed by atoms with E-state index in [1.165, 1.54) is 62.9 Å². The van der Waals surface area contributed by atoms with E-state index in [0.717, 1.165) is 6.17 Å². The molecule has 3 heterocycles. The van der Waals surface area contributed by atoms with Crippen LogP contribution in [0, 0.1) is 0 Å². The van der Waals surface area contributed by atoms with Gasteiger partial charge in [-0.1, -0.05) is 0 Å². The Balaban J connectivity index is 1.93. The highest BCUT2D eigenvalue weighted by atomic mass is 15.5. The van der Waals surface area contributed by atoms with E-state index in [-0.39, 0.29) is 0 Å². The van der Waals surface area contributed by atoms with E-state index < -0.39 is 0 Å². The topological polar surface area (TPSA) is 3.24 Å². The van der Waals surface area contributed by atoms with E-state index in [0.29, 0.717) is 0 Å². The van der Waals surface area contributed by atoms with Crippen molar-refractivity contribution in [1.29, 1.82) is 0 Å². The van der Waals surface area contributed by atoms with Gasteiger partial charge >= 0.3 is 0 Å². The van der Waals surface area contributed by atoms with Crippen LogP contribution in [-0.4, -0.2) is 48.3 Å². The van der Waals surface area contributed by atoms with Crippen LogP contribution in [0.25, 0.3) is 0 Å². The molecule has 2 heteroatoms. The van der Waals surface area contributed by atoms with E-state index >= 15 is 0 Å². The predicted molar refractivity (Wildman–Crippen MR) is 48.7 cm³/mol. The lowest BCUT2D eigenvalue weighted by molar-refractivity contribution is -0.961. The molecule has 0 amide bonds. The van der Waals surface area contributed by atoms with Crippen LogP contribution in [0.5, 0.6) is 0 Å². The van der Waals surface area contributed by atoms with Gasteiger partial charge in [0.2, 0.25) is 0 Å². The lowest BCUT2D eigenvalue weighted by Gasteiger charge is -2.52. The van der Waals surface area contributed by atoms with Crippen molar-refractivity contribution in [3.63, 3.8) is 0 Å². The Bertz CT molecular complexity index is 180. The summed E-state index contributed by atoms with van der Waals surface area (Å²) in [6.07, 6.45) is 6.83. The highest BCUT2D eigenvalue weighted by Crippen LogP contribution is 2.36. The first-order valence-corrected chi connectivity index (χ1v) is 5.51. The second kappa shape index (κ2) is 2.46. The van der Waals surface area contributed by atoms with Crippen LogP contribution < -0.4 is 0 Å². The Morgan fingerprint density at radius 3 is 2.25 bits per heavy atom. The summed E-state index contributed by atoms with van der Waals surface area (Å²) in [5, 5.41) is 0. The van der Waals surface area contributed by atoms with Crippen molar-refractivity contribution in [2.24, 2.45) is 0 Å². The SMILES string of the molecule is C1CC2N3CCC[N+]2(C1)CCC3. The van der Waals surface area contributed by atoms with Crippen molar-refractivity contribution in [3.8, 4) is 0 Å². The van der Waals surface area contributed by atoms with E-state index in [9.17, 15) is 0 Å². The van der Waals surface area contributed by atoms with E-state index in [4.69, 9.17) is 0 Å². The van der Waals surface area contributed by atoms with E-state index in [2.05, 4.69) is 4.90 Å². The molecule has 3 fully saturated rings. The number of rotatable bonds is 0. The number of nitrogens with zero attached hydrogens (tertiary/aromatic N) is 2. The summed E-state index contributed by atoms with van der Waals surface area (Å²) in [7, 11) is 0. The molecule has 1 unspecified atom stereocenters. The fourth-order valence-corrected chi connectivity index (χ4v) is 3.76. The largest absolute Gasteiger partial charge is 0.309 e.